The number of aliphatic carboxylic acids is 1. The molecule has 1 saturated heterocycles. The molecule has 202 valence electrons. The highest BCUT2D eigenvalue weighted by atomic mass is 16.7. The number of aryl methyl sites for hydroxylation is 1. The summed E-state index contributed by atoms with van der Waals surface area (Å²) in [6.45, 7) is 4.86. The Bertz CT molecular complexity index is 1030. The van der Waals surface area contributed by atoms with Gasteiger partial charge in [0.15, 0.2) is 17.4 Å². The van der Waals surface area contributed by atoms with Crippen molar-refractivity contribution < 1.29 is 28.6 Å². The Morgan fingerprint density at radius 3 is 2.73 bits per heavy atom. The van der Waals surface area contributed by atoms with Crippen molar-refractivity contribution in [2.24, 2.45) is 11.7 Å². The van der Waals surface area contributed by atoms with Crippen LogP contribution in [0.4, 0.5) is 0 Å². The maximum atomic E-state index is 13.5. The lowest BCUT2D eigenvalue weighted by Gasteiger charge is -2.29. The van der Waals surface area contributed by atoms with Crippen LogP contribution in [0, 0.1) is 5.92 Å². The van der Waals surface area contributed by atoms with Crippen LogP contribution in [0.5, 0.6) is 11.5 Å². The lowest BCUT2D eigenvalue weighted by molar-refractivity contribution is -0.143. The van der Waals surface area contributed by atoms with Crippen LogP contribution in [0.2, 0.25) is 0 Å². The summed E-state index contributed by atoms with van der Waals surface area (Å²) in [6, 6.07) is 5.27. The molecule has 0 radical (unpaired) electrons. The number of hydrogen-bond acceptors (Lipinski definition) is 8. The summed E-state index contributed by atoms with van der Waals surface area (Å²) < 4.78 is 16.4. The van der Waals surface area contributed by atoms with Crippen LogP contribution in [0.3, 0.4) is 0 Å². The van der Waals surface area contributed by atoms with Crippen LogP contribution in [0.15, 0.2) is 35.1 Å². The first-order valence-electron chi connectivity index (χ1n) is 13.2. The number of aromatic nitrogens is 1. The van der Waals surface area contributed by atoms with Crippen LogP contribution in [0.1, 0.15) is 56.4 Å². The molecule has 3 atom stereocenters. The van der Waals surface area contributed by atoms with E-state index in [1.807, 2.05) is 28.0 Å². The monoisotopic (exact) mass is 514 g/mol. The highest BCUT2D eigenvalue weighted by molar-refractivity contribution is 5.79. The van der Waals surface area contributed by atoms with Gasteiger partial charge in [0.05, 0.1) is 18.7 Å². The van der Waals surface area contributed by atoms with E-state index in [1.165, 1.54) is 6.26 Å². The number of carbonyl (C=O) groups excluding carboxylic acids is 1. The predicted molar refractivity (Wildman–Crippen MR) is 136 cm³/mol. The third-order valence-corrected chi connectivity index (χ3v) is 7.35. The zero-order valence-electron chi connectivity index (χ0n) is 21.5. The van der Waals surface area contributed by atoms with Gasteiger partial charge in [0, 0.05) is 38.0 Å². The lowest BCUT2D eigenvalue weighted by atomic mass is 9.83. The number of rotatable bonds is 14. The van der Waals surface area contributed by atoms with Gasteiger partial charge in [-0.1, -0.05) is 19.4 Å². The van der Waals surface area contributed by atoms with E-state index >= 15 is 0 Å². The summed E-state index contributed by atoms with van der Waals surface area (Å²) in [7, 11) is 0. The molecule has 3 N–H and O–H groups in total. The van der Waals surface area contributed by atoms with E-state index in [9.17, 15) is 14.7 Å². The number of oxazole rings is 1. The third kappa shape index (κ3) is 6.61. The molecule has 10 nitrogen and oxygen atoms in total. The van der Waals surface area contributed by atoms with E-state index in [2.05, 4.69) is 11.9 Å². The van der Waals surface area contributed by atoms with Crippen molar-refractivity contribution >= 4 is 11.9 Å². The predicted octanol–water partition coefficient (Wildman–Crippen LogP) is 2.87. The number of unbranched alkanes of at least 4 members (excludes halogenated alkanes) is 2. The molecule has 10 heteroatoms. The Labute approximate surface area is 217 Å². The molecule has 0 saturated carbocycles. The zero-order chi connectivity index (χ0) is 26.2. The Morgan fingerprint density at radius 1 is 1.19 bits per heavy atom. The van der Waals surface area contributed by atoms with Crippen molar-refractivity contribution in [3.8, 4) is 11.5 Å². The average Bonchev–Trinajstić information content (AvgIpc) is 3.64. The standard InChI is InChI=1S/C27H38N4O6/c1-2-3-12-30(13-5-4-10-28)25(32)17-31-16-20(19-6-8-22-23(15-19)37-18-36-22)26(27(33)34)21(31)7-9-24-29-11-14-35-24/h6,8,11,14-15,20-21,26H,2-5,7,9-10,12-13,16-18,28H2,1H3,(H,33,34). The molecule has 4 rings (SSSR count). The van der Waals surface area contributed by atoms with Crippen LogP contribution >= 0.6 is 0 Å². The number of nitrogens with two attached hydrogens (primary N) is 1. The van der Waals surface area contributed by atoms with Gasteiger partial charge in [0.25, 0.3) is 0 Å². The summed E-state index contributed by atoms with van der Waals surface area (Å²) >= 11 is 0. The fourth-order valence-electron chi connectivity index (χ4n) is 5.41. The van der Waals surface area contributed by atoms with Crippen molar-refractivity contribution in [3.63, 3.8) is 0 Å². The van der Waals surface area contributed by atoms with E-state index in [0.29, 0.717) is 56.4 Å². The second-order valence-corrected chi connectivity index (χ2v) is 9.77. The molecular weight excluding hydrogens is 476 g/mol. The summed E-state index contributed by atoms with van der Waals surface area (Å²) in [4.78, 5) is 34.3. The van der Waals surface area contributed by atoms with Crippen LogP contribution in [-0.2, 0) is 16.0 Å². The fraction of sp³-hybridized carbons (Fsp3) is 0.593. The van der Waals surface area contributed by atoms with Crippen molar-refractivity contribution in [3.05, 3.63) is 42.1 Å². The van der Waals surface area contributed by atoms with Gasteiger partial charge in [0.1, 0.15) is 6.26 Å². The summed E-state index contributed by atoms with van der Waals surface area (Å²) in [5.41, 5.74) is 6.54. The number of carboxylic acids is 1. The number of fused-ring (bicyclic) bond motifs is 1. The molecule has 2 aliphatic heterocycles. The Morgan fingerprint density at radius 2 is 2.00 bits per heavy atom. The van der Waals surface area contributed by atoms with E-state index in [1.54, 1.807) is 6.20 Å². The first-order chi connectivity index (χ1) is 18.0. The first-order valence-corrected chi connectivity index (χ1v) is 13.2. The lowest BCUT2D eigenvalue weighted by Crippen LogP contribution is -2.45. The van der Waals surface area contributed by atoms with E-state index in [0.717, 1.165) is 31.2 Å². The normalized spacial score (nSPS) is 20.9. The number of benzene rings is 1. The summed E-state index contributed by atoms with van der Waals surface area (Å²) in [6.07, 6.45) is 7.77. The van der Waals surface area contributed by atoms with Gasteiger partial charge in [-0.15, -0.1) is 0 Å². The molecule has 1 aromatic heterocycles. The van der Waals surface area contributed by atoms with E-state index < -0.39 is 11.9 Å². The topological polar surface area (TPSA) is 131 Å². The molecule has 0 bridgehead atoms. The highest BCUT2D eigenvalue weighted by Crippen LogP contribution is 2.43. The highest BCUT2D eigenvalue weighted by Gasteiger charge is 2.47. The van der Waals surface area contributed by atoms with Crippen LogP contribution < -0.4 is 15.2 Å². The molecule has 3 unspecified atom stereocenters. The minimum absolute atomic E-state index is 0.0297. The molecule has 0 aliphatic carbocycles. The van der Waals surface area contributed by atoms with Gasteiger partial charge in [-0.3, -0.25) is 14.5 Å². The summed E-state index contributed by atoms with van der Waals surface area (Å²) in [5, 5.41) is 10.4. The van der Waals surface area contributed by atoms with Gasteiger partial charge in [-0.25, -0.2) is 4.98 Å². The molecule has 2 aliphatic rings. The second kappa shape index (κ2) is 12.9. The van der Waals surface area contributed by atoms with Gasteiger partial charge < -0.3 is 29.6 Å². The maximum absolute atomic E-state index is 13.5. The average molecular weight is 515 g/mol. The number of hydrogen-bond donors (Lipinski definition) is 2. The quantitative estimate of drug-likeness (QED) is 0.365. The first kappa shape index (κ1) is 26.9. The largest absolute Gasteiger partial charge is 0.481 e. The van der Waals surface area contributed by atoms with Gasteiger partial charge in [-0.05, 0) is 49.9 Å². The number of likely N-dealkylation sites (tertiary alicyclic amines) is 1. The molecule has 2 aromatic rings. The molecule has 3 heterocycles. The van der Waals surface area contributed by atoms with Crippen molar-refractivity contribution in [2.45, 2.75) is 57.4 Å². The molecule has 1 amide bonds. The SMILES string of the molecule is CCCCN(CCCCN)C(=O)CN1CC(c2ccc3c(c2)OCO3)C(C(=O)O)C1CCc1ncco1. The Kier molecular flexibility index (Phi) is 9.40. The number of ether oxygens (including phenoxy) is 2. The number of amides is 1. The molecule has 0 spiro atoms. The van der Waals surface area contributed by atoms with E-state index in [-0.39, 0.29) is 31.2 Å². The van der Waals surface area contributed by atoms with E-state index in [4.69, 9.17) is 19.6 Å². The van der Waals surface area contributed by atoms with Gasteiger partial charge >= 0.3 is 5.97 Å². The van der Waals surface area contributed by atoms with Gasteiger partial charge in [0.2, 0.25) is 12.7 Å². The Hall–Kier alpha value is -3.11. The number of nitrogens with zero attached hydrogens (tertiary/aromatic N) is 3. The fourth-order valence-corrected chi connectivity index (χ4v) is 5.41. The number of carboxylic acid groups (broad SMARTS) is 1. The van der Waals surface area contributed by atoms with Crippen molar-refractivity contribution in [1.29, 1.82) is 0 Å². The number of carbonyl (C=O) groups is 2. The summed E-state index contributed by atoms with van der Waals surface area (Å²) in [5.74, 6) is 0.0135. The van der Waals surface area contributed by atoms with Crippen molar-refractivity contribution in [1.82, 2.24) is 14.8 Å². The van der Waals surface area contributed by atoms with Crippen LogP contribution in [0.25, 0.3) is 0 Å². The van der Waals surface area contributed by atoms with Crippen LogP contribution in [-0.4, -0.2) is 77.3 Å². The maximum Gasteiger partial charge on any atom is 0.308 e. The molecule has 1 fully saturated rings. The molecule has 37 heavy (non-hydrogen) atoms. The zero-order valence-corrected chi connectivity index (χ0v) is 21.5. The smallest absolute Gasteiger partial charge is 0.308 e. The Balaban J connectivity index is 1.56. The van der Waals surface area contributed by atoms with Gasteiger partial charge in [-0.2, -0.15) is 0 Å². The minimum Gasteiger partial charge on any atom is -0.481 e. The second-order valence-electron chi connectivity index (χ2n) is 9.77. The molecule has 1 aromatic carbocycles. The minimum atomic E-state index is -0.874. The molecular formula is C27H38N4O6. The third-order valence-electron chi connectivity index (χ3n) is 7.35. The van der Waals surface area contributed by atoms with Crippen molar-refractivity contribution in [2.75, 3.05) is 39.5 Å².